The van der Waals surface area contributed by atoms with Crippen molar-refractivity contribution in [2.75, 3.05) is 20.1 Å². The largest absolute Gasteiger partial charge is 0.345 e. The first-order chi connectivity index (χ1) is 10.1. The molecule has 1 saturated heterocycles. The molecule has 0 spiro atoms. The Morgan fingerprint density at radius 3 is 2.19 bits per heavy atom. The fourth-order valence-corrected chi connectivity index (χ4v) is 3.64. The highest BCUT2D eigenvalue weighted by Crippen LogP contribution is 2.38. The van der Waals surface area contributed by atoms with Crippen molar-refractivity contribution in [3.63, 3.8) is 0 Å². The SMILES string of the molecule is CN(CC1CC1)C(=O)CCN1C(=O)[C@@H]2CCCC[C@H]2C1=O. The molecule has 1 aliphatic heterocycles. The maximum atomic E-state index is 12.3. The third-order valence-corrected chi connectivity index (χ3v) is 5.14. The summed E-state index contributed by atoms with van der Waals surface area (Å²) in [4.78, 5) is 39.8. The van der Waals surface area contributed by atoms with Gasteiger partial charge in [0.2, 0.25) is 17.7 Å². The van der Waals surface area contributed by atoms with E-state index in [0.717, 1.165) is 32.2 Å². The number of carbonyl (C=O) groups is 3. The molecule has 3 aliphatic rings. The lowest BCUT2D eigenvalue weighted by molar-refractivity contribution is -0.140. The molecule has 2 aliphatic carbocycles. The van der Waals surface area contributed by atoms with Gasteiger partial charge >= 0.3 is 0 Å². The Morgan fingerprint density at radius 2 is 1.67 bits per heavy atom. The van der Waals surface area contributed by atoms with E-state index < -0.39 is 0 Å². The summed E-state index contributed by atoms with van der Waals surface area (Å²) in [6.07, 6.45) is 6.44. The van der Waals surface area contributed by atoms with Gasteiger partial charge in [-0.15, -0.1) is 0 Å². The molecule has 5 heteroatoms. The molecule has 0 aromatic heterocycles. The first kappa shape index (κ1) is 14.5. The number of hydrogen-bond donors (Lipinski definition) is 0. The molecule has 0 unspecified atom stereocenters. The van der Waals surface area contributed by atoms with Crippen LogP contribution in [0.25, 0.3) is 0 Å². The number of amides is 3. The fourth-order valence-electron chi connectivity index (χ4n) is 3.64. The Balaban J connectivity index is 1.53. The second-order valence-electron chi connectivity index (χ2n) is 6.79. The molecule has 0 aromatic carbocycles. The van der Waals surface area contributed by atoms with E-state index in [4.69, 9.17) is 0 Å². The van der Waals surface area contributed by atoms with Crippen LogP contribution in [0.2, 0.25) is 0 Å². The molecule has 3 amide bonds. The lowest BCUT2D eigenvalue weighted by atomic mass is 9.81. The summed E-state index contributed by atoms with van der Waals surface area (Å²) < 4.78 is 0. The number of carbonyl (C=O) groups excluding carboxylic acids is 3. The smallest absolute Gasteiger partial charge is 0.233 e. The summed E-state index contributed by atoms with van der Waals surface area (Å²) in [5, 5.41) is 0. The van der Waals surface area contributed by atoms with E-state index >= 15 is 0 Å². The predicted octanol–water partition coefficient (Wildman–Crippen LogP) is 1.42. The van der Waals surface area contributed by atoms with Crippen molar-refractivity contribution in [1.29, 1.82) is 0 Å². The first-order valence-corrected chi connectivity index (χ1v) is 8.17. The zero-order valence-electron chi connectivity index (χ0n) is 12.7. The molecule has 0 aromatic rings. The predicted molar refractivity (Wildman–Crippen MR) is 77.1 cm³/mol. The molecule has 0 N–H and O–H groups in total. The van der Waals surface area contributed by atoms with Crippen LogP contribution in [0.4, 0.5) is 0 Å². The highest BCUT2D eigenvalue weighted by atomic mass is 16.2. The Morgan fingerprint density at radius 1 is 1.10 bits per heavy atom. The van der Waals surface area contributed by atoms with Gasteiger partial charge in [0.25, 0.3) is 0 Å². The Labute approximate surface area is 125 Å². The van der Waals surface area contributed by atoms with E-state index in [0.29, 0.717) is 5.92 Å². The Hall–Kier alpha value is -1.39. The summed E-state index contributed by atoms with van der Waals surface area (Å²) in [6.45, 7) is 1.07. The van der Waals surface area contributed by atoms with Gasteiger partial charge in [-0.25, -0.2) is 0 Å². The van der Waals surface area contributed by atoms with E-state index in [-0.39, 0.29) is 42.5 Å². The zero-order chi connectivity index (χ0) is 15.0. The topological polar surface area (TPSA) is 57.7 Å². The first-order valence-electron chi connectivity index (χ1n) is 8.17. The molecule has 2 atom stereocenters. The second kappa shape index (κ2) is 5.78. The second-order valence-corrected chi connectivity index (χ2v) is 6.79. The highest BCUT2D eigenvalue weighted by molar-refractivity contribution is 6.05. The summed E-state index contributed by atoms with van der Waals surface area (Å²) >= 11 is 0. The van der Waals surface area contributed by atoms with Crippen molar-refractivity contribution in [3.8, 4) is 0 Å². The molecular formula is C16H24N2O3. The highest BCUT2D eigenvalue weighted by Gasteiger charge is 2.47. The molecule has 0 radical (unpaired) electrons. The van der Waals surface area contributed by atoms with Crippen LogP contribution in [0.3, 0.4) is 0 Å². The summed E-state index contributed by atoms with van der Waals surface area (Å²) in [6, 6.07) is 0. The number of nitrogens with zero attached hydrogens (tertiary/aromatic N) is 2. The van der Waals surface area contributed by atoms with Crippen LogP contribution in [0.5, 0.6) is 0 Å². The number of hydrogen-bond acceptors (Lipinski definition) is 3. The van der Waals surface area contributed by atoms with Gasteiger partial charge in [0, 0.05) is 26.6 Å². The third kappa shape index (κ3) is 2.97. The molecule has 3 rings (SSSR count). The number of rotatable bonds is 5. The number of imide groups is 1. The van der Waals surface area contributed by atoms with E-state index in [2.05, 4.69) is 0 Å². The van der Waals surface area contributed by atoms with E-state index in [1.165, 1.54) is 17.7 Å². The van der Waals surface area contributed by atoms with Crippen LogP contribution >= 0.6 is 0 Å². The maximum absolute atomic E-state index is 12.3. The van der Waals surface area contributed by atoms with Gasteiger partial charge in [0.15, 0.2) is 0 Å². The minimum Gasteiger partial charge on any atom is -0.345 e. The molecule has 5 nitrogen and oxygen atoms in total. The van der Waals surface area contributed by atoms with Crippen molar-refractivity contribution in [2.24, 2.45) is 17.8 Å². The lowest BCUT2D eigenvalue weighted by Gasteiger charge is -2.19. The lowest BCUT2D eigenvalue weighted by Crippen LogP contribution is -2.36. The molecule has 3 fully saturated rings. The zero-order valence-corrected chi connectivity index (χ0v) is 12.7. The van der Waals surface area contributed by atoms with Crippen molar-refractivity contribution >= 4 is 17.7 Å². The van der Waals surface area contributed by atoms with Crippen molar-refractivity contribution in [1.82, 2.24) is 9.80 Å². The van der Waals surface area contributed by atoms with Gasteiger partial charge in [-0.05, 0) is 31.6 Å². The molecule has 21 heavy (non-hydrogen) atoms. The summed E-state index contributed by atoms with van der Waals surface area (Å²) in [5.74, 6) is 0.412. The maximum Gasteiger partial charge on any atom is 0.233 e. The average molecular weight is 292 g/mol. The minimum atomic E-state index is -0.106. The minimum absolute atomic E-state index is 0.0392. The van der Waals surface area contributed by atoms with E-state index in [1.807, 2.05) is 7.05 Å². The van der Waals surface area contributed by atoms with Crippen LogP contribution in [-0.2, 0) is 14.4 Å². The standard InChI is InChI=1S/C16H24N2O3/c1-17(10-11-6-7-11)14(19)8-9-18-15(20)12-4-2-3-5-13(12)16(18)21/h11-13H,2-10H2,1H3/t12-,13-/m1/s1. The molecular weight excluding hydrogens is 268 g/mol. The fraction of sp³-hybridized carbons (Fsp3) is 0.812. The normalized spacial score (nSPS) is 28.7. The van der Waals surface area contributed by atoms with Gasteiger partial charge in [-0.2, -0.15) is 0 Å². The van der Waals surface area contributed by atoms with Crippen LogP contribution < -0.4 is 0 Å². The third-order valence-electron chi connectivity index (χ3n) is 5.14. The van der Waals surface area contributed by atoms with Gasteiger partial charge in [-0.1, -0.05) is 12.8 Å². The summed E-state index contributed by atoms with van der Waals surface area (Å²) in [5.41, 5.74) is 0. The molecule has 116 valence electrons. The van der Waals surface area contributed by atoms with E-state index in [9.17, 15) is 14.4 Å². The molecule has 2 saturated carbocycles. The van der Waals surface area contributed by atoms with Gasteiger partial charge in [0.1, 0.15) is 0 Å². The number of likely N-dealkylation sites (tertiary alicyclic amines) is 1. The van der Waals surface area contributed by atoms with Gasteiger partial charge in [0.05, 0.1) is 11.8 Å². The van der Waals surface area contributed by atoms with Crippen molar-refractivity contribution < 1.29 is 14.4 Å². The van der Waals surface area contributed by atoms with Gasteiger partial charge in [-0.3, -0.25) is 19.3 Å². The molecule has 0 bridgehead atoms. The van der Waals surface area contributed by atoms with E-state index in [1.54, 1.807) is 4.90 Å². The van der Waals surface area contributed by atoms with Crippen LogP contribution in [-0.4, -0.2) is 47.7 Å². The van der Waals surface area contributed by atoms with Crippen molar-refractivity contribution in [3.05, 3.63) is 0 Å². The Kier molecular flexibility index (Phi) is 4.00. The van der Waals surface area contributed by atoms with Gasteiger partial charge < -0.3 is 4.90 Å². The van der Waals surface area contributed by atoms with Crippen LogP contribution in [0.1, 0.15) is 44.9 Å². The Bertz CT molecular complexity index is 434. The van der Waals surface area contributed by atoms with Crippen LogP contribution in [0.15, 0.2) is 0 Å². The quantitative estimate of drug-likeness (QED) is 0.720. The van der Waals surface area contributed by atoms with Crippen LogP contribution in [0, 0.1) is 17.8 Å². The molecule has 1 heterocycles. The average Bonchev–Trinajstić information content (AvgIpc) is 3.26. The van der Waals surface area contributed by atoms with Crippen molar-refractivity contribution in [2.45, 2.75) is 44.9 Å². The monoisotopic (exact) mass is 292 g/mol. The summed E-state index contributed by atoms with van der Waals surface area (Å²) in [7, 11) is 1.81. The number of fused-ring (bicyclic) bond motifs is 1.